The average Bonchev–Trinajstić information content (AvgIpc) is 3.22. The van der Waals surface area contributed by atoms with Crippen LogP contribution in [0.3, 0.4) is 0 Å². The molecular weight excluding hydrogens is 466 g/mol. The molecule has 0 amide bonds. The Kier molecular flexibility index (Phi) is 11.1. The second-order valence-electron chi connectivity index (χ2n) is 9.87. The molecule has 3 N–H and O–H groups in total. The number of fused-ring (bicyclic) bond motifs is 1. The fourth-order valence-corrected chi connectivity index (χ4v) is 4.76. The summed E-state index contributed by atoms with van der Waals surface area (Å²) in [7, 11) is 0. The molecule has 9 nitrogen and oxygen atoms in total. The lowest BCUT2D eigenvalue weighted by Gasteiger charge is -2.25. The molecule has 0 spiro atoms. The average molecular weight is 510 g/mol. The van der Waals surface area contributed by atoms with Gasteiger partial charge in [0.2, 0.25) is 0 Å². The maximum Gasteiger partial charge on any atom is 0.165 e. The number of hydrogen-bond acceptors (Lipinski definition) is 7. The minimum Gasteiger partial charge on any atom is -0.409 e. The molecule has 2 aromatic rings. The van der Waals surface area contributed by atoms with Crippen LogP contribution in [0.5, 0.6) is 0 Å². The monoisotopic (exact) mass is 509 g/mol. The van der Waals surface area contributed by atoms with E-state index in [0.29, 0.717) is 12.3 Å². The van der Waals surface area contributed by atoms with E-state index < -0.39 is 6.04 Å². The van der Waals surface area contributed by atoms with Crippen LogP contribution in [0.25, 0.3) is 0 Å². The summed E-state index contributed by atoms with van der Waals surface area (Å²) >= 11 is 0. The number of hydrogen-bond donors (Lipinski definition) is 3. The number of anilines is 1. The van der Waals surface area contributed by atoms with Crippen molar-refractivity contribution < 1.29 is 10.0 Å². The van der Waals surface area contributed by atoms with Gasteiger partial charge in [-0.1, -0.05) is 17.3 Å². The molecule has 2 aromatic heterocycles. The standard InChI is InChI=1S/C28H43N7O2/c1-5-9-27(33-37)31-26(23(4)36)14-17-34(18-19-35-22(3)20-21(2)32-35)16-7-6-11-25-13-12-24-10-8-15-29-28(24)30-25/h5,9,12-13,20,26,37H,6-8,10-11,14-19H2,1-4H3,(H,29,30)(H,31,33)/b9-5-/t26-/m0/s1. The highest BCUT2D eigenvalue weighted by Crippen LogP contribution is 2.20. The summed E-state index contributed by atoms with van der Waals surface area (Å²) in [5.41, 5.74) is 4.64. The molecule has 1 aliphatic rings. The lowest BCUT2D eigenvalue weighted by atomic mass is 10.1. The summed E-state index contributed by atoms with van der Waals surface area (Å²) < 4.78 is 2.05. The maximum atomic E-state index is 12.3. The first-order valence-electron chi connectivity index (χ1n) is 13.5. The highest BCUT2D eigenvalue weighted by Gasteiger charge is 2.18. The summed E-state index contributed by atoms with van der Waals surface area (Å²) in [5, 5.41) is 23.6. The maximum absolute atomic E-state index is 12.3. The molecule has 1 aliphatic heterocycles. The van der Waals surface area contributed by atoms with E-state index >= 15 is 0 Å². The van der Waals surface area contributed by atoms with Gasteiger partial charge in [-0.05, 0) is 96.5 Å². The molecule has 0 bridgehead atoms. The summed E-state index contributed by atoms with van der Waals surface area (Å²) in [6.07, 6.45) is 9.39. The van der Waals surface area contributed by atoms with Crippen LogP contribution in [0.1, 0.15) is 62.2 Å². The van der Waals surface area contributed by atoms with E-state index in [-0.39, 0.29) is 5.78 Å². The first kappa shape index (κ1) is 28.4. The van der Waals surface area contributed by atoms with E-state index in [1.54, 1.807) is 19.1 Å². The molecule has 37 heavy (non-hydrogen) atoms. The lowest BCUT2D eigenvalue weighted by molar-refractivity contribution is -0.118. The molecule has 0 aliphatic carbocycles. The zero-order chi connectivity index (χ0) is 26.6. The summed E-state index contributed by atoms with van der Waals surface area (Å²) in [6.45, 7) is 11.9. The first-order valence-corrected chi connectivity index (χ1v) is 13.5. The number of carbonyl (C=O) groups excluding carboxylic acids is 1. The van der Waals surface area contributed by atoms with E-state index in [2.05, 4.69) is 55.6 Å². The quantitative estimate of drug-likeness (QED) is 0.117. The molecule has 0 fully saturated rings. The number of nitrogens with one attached hydrogen (secondary N) is 2. The van der Waals surface area contributed by atoms with Crippen LogP contribution in [0.15, 0.2) is 35.5 Å². The van der Waals surface area contributed by atoms with Crippen molar-refractivity contribution in [2.45, 2.75) is 78.8 Å². The fraction of sp³-hybridized carbons (Fsp3) is 0.571. The molecule has 202 valence electrons. The van der Waals surface area contributed by atoms with E-state index in [1.807, 2.05) is 13.8 Å². The fourth-order valence-electron chi connectivity index (χ4n) is 4.76. The Morgan fingerprint density at radius 1 is 1.30 bits per heavy atom. The van der Waals surface area contributed by atoms with Crippen molar-refractivity contribution in [3.8, 4) is 0 Å². The molecule has 3 heterocycles. The number of rotatable bonds is 14. The number of aryl methyl sites for hydroxylation is 4. The Bertz CT molecular complexity index is 1080. The van der Waals surface area contributed by atoms with Gasteiger partial charge in [0.05, 0.1) is 18.3 Å². The number of amidine groups is 1. The van der Waals surface area contributed by atoms with E-state index in [9.17, 15) is 10.0 Å². The van der Waals surface area contributed by atoms with Gasteiger partial charge in [0.1, 0.15) is 5.82 Å². The molecule has 0 aromatic carbocycles. The third-order valence-electron chi connectivity index (χ3n) is 6.82. The minimum atomic E-state index is -0.412. The molecule has 3 rings (SSSR count). The van der Waals surface area contributed by atoms with Gasteiger partial charge in [-0.25, -0.2) is 4.98 Å². The third-order valence-corrected chi connectivity index (χ3v) is 6.82. The highest BCUT2D eigenvalue weighted by atomic mass is 16.4. The molecule has 0 radical (unpaired) electrons. The lowest BCUT2D eigenvalue weighted by Crippen LogP contribution is -2.42. The molecule has 0 saturated carbocycles. The number of oxime groups is 1. The van der Waals surface area contributed by atoms with E-state index in [0.717, 1.165) is 81.3 Å². The molecular formula is C28H43N7O2. The van der Waals surface area contributed by atoms with E-state index in [1.165, 1.54) is 12.0 Å². The molecule has 0 unspecified atom stereocenters. The van der Waals surface area contributed by atoms with Gasteiger partial charge in [0.25, 0.3) is 0 Å². The first-order chi connectivity index (χ1) is 17.9. The number of carbonyl (C=O) groups is 1. The van der Waals surface area contributed by atoms with Gasteiger partial charge in [0, 0.05) is 31.0 Å². The highest BCUT2D eigenvalue weighted by molar-refractivity contribution is 5.96. The normalized spacial score (nSPS) is 14.6. The topological polar surface area (TPSA) is 108 Å². The number of unbranched alkanes of at least 4 members (excludes halogenated alkanes) is 1. The van der Waals surface area contributed by atoms with Gasteiger partial charge in [-0.3, -0.25) is 9.48 Å². The number of nitrogens with zero attached hydrogens (tertiary/aromatic N) is 5. The zero-order valence-electron chi connectivity index (χ0n) is 22.8. The Hall–Kier alpha value is -3.20. The van der Waals surface area contributed by atoms with Crippen LogP contribution in [-0.4, -0.2) is 68.7 Å². The van der Waals surface area contributed by atoms with E-state index in [4.69, 9.17) is 4.98 Å². The van der Waals surface area contributed by atoms with Gasteiger partial charge in [-0.15, -0.1) is 0 Å². The van der Waals surface area contributed by atoms with Crippen LogP contribution in [0, 0.1) is 13.8 Å². The Morgan fingerprint density at radius 2 is 2.14 bits per heavy atom. The van der Waals surface area contributed by atoms with Crippen molar-refractivity contribution in [2.24, 2.45) is 5.16 Å². The molecule has 1 atom stereocenters. The molecule has 0 saturated heterocycles. The summed E-state index contributed by atoms with van der Waals surface area (Å²) in [5.74, 6) is 1.38. The van der Waals surface area contributed by atoms with Gasteiger partial charge < -0.3 is 20.7 Å². The second-order valence-corrected chi connectivity index (χ2v) is 9.87. The van der Waals surface area contributed by atoms with Gasteiger partial charge >= 0.3 is 0 Å². The third kappa shape index (κ3) is 9.00. The van der Waals surface area contributed by atoms with Crippen molar-refractivity contribution >= 4 is 17.4 Å². The SMILES string of the molecule is C/C=C\C(=N\O)N[C@@H](CCN(CCCCc1ccc2c(n1)NCCC2)CCn1nc(C)cc1C)C(C)=O. The Labute approximate surface area is 221 Å². The van der Waals surface area contributed by atoms with Crippen LogP contribution >= 0.6 is 0 Å². The summed E-state index contributed by atoms with van der Waals surface area (Å²) in [4.78, 5) is 19.5. The number of Topliss-reactive ketones (excluding diaryl/α,β-unsaturated/α-hetero) is 1. The van der Waals surface area contributed by atoms with Crippen molar-refractivity contribution in [3.05, 3.63) is 53.0 Å². The Balaban J connectivity index is 1.56. The zero-order valence-corrected chi connectivity index (χ0v) is 22.8. The van der Waals surface area contributed by atoms with Crippen molar-refractivity contribution in [3.63, 3.8) is 0 Å². The number of aromatic nitrogens is 3. The number of pyridine rings is 1. The van der Waals surface area contributed by atoms with Crippen molar-refractivity contribution in [2.75, 3.05) is 31.5 Å². The predicted molar refractivity (Wildman–Crippen MR) is 148 cm³/mol. The van der Waals surface area contributed by atoms with Crippen molar-refractivity contribution in [1.29, 1.82) is 0 Å². The van der Waals surface area contributed by atoms with Crippen LogP contribution in [-0.2, 0) is 24.2 Å². The van der Waals surface area contributed by atoms with Gasteiger partial charge in [-0.2, -0.15) is 5.10 Å². The number of allylic oxidation sites excluding steroid dienone is 1. The molecule has 9 heteroatoms. The Morgan fingerprint density at radius 3 is 2.84 bits per heavy atom. The predicted octanol–water partition coefficient (Wildman–Crippen LogP) is 3.88. The van der Waals surface area contributed by atoms with Crippen molar-refractivity contribution in [1.82, 2.24) is 25.0 Å². The van der Waals surface area contributed by atoms with Crippen LogP contribution < -0.4 is 10.6 Å². The largest absolute Gasteiger partial charge is 0.409 e. The minimum absolute atomic E-state index is 0.0243. The van der Waals surface area contributed by atoms with Crippen LogP contribution in [0.4, 0.5) is 5.82 Å². The summed E-state index contributed by atoms with van der Waals surface area (Å²) in [6, 6.07) is 6.07. The van der Waals surface area contributed by atoms with Crippen LogP contribution in [0.2, 0.25) is 0 Å². The second kappa shape index (κ2) is 14.5. The number of ketones is 1. The van der Waals surface area contributed by atoms with Gasteiger partial charge in [0.15, 0.2) is 11.6 Å². The smallest absolute Gasteiger partial charge is 0.165 e.